The summed E-state index contributed by atoms with van der Waals surface area (Å²) in [5.74, 6) is -1.29. The highest BCUT2D eigenvalue weighted by Crippen LogP contribution is 2.25. The smallest absolute Gasteiger partial charge is 0.338 e. The molecule has 35 heavy (non-hydrogen) atoms. The van der Waals surface area contributed by atoms with Crippen molar-refractivity contribution in [2.45, 2.75) is 71.1 Å². The highest BCUT2D eigenvalue weighted by Gasteiger charge is 2.13. The fraction of sp³-hybridized carbons (Fsp3) is 0.444. The van der Waals surface area contributed by atoms with Gasteiger partial charge in [0.05, 0.1) is 16.3 Å². The van der Waals surface area contributed by atoms with Gasteiger partial charge >= 0.3 is 5.97 Å². The molecule has 0 bridgehead atoms. The monoisotopic (exact) mass is 520 g/mol. The predicted octanol–water partition coefficient (Wildman–Crippen LogP) is 7.65. The van der Waals surface area contributed by atoms with Gasteiger partial charge in [-0.15, -0.1) is 0 Å². The fourth-order valence-electron chi connectivity index (χ4n) is 3.54. The topological polar surface area (TPSA) is 84.5 Å². The second-order valence-corrected chi connectivity index (χ2v) is 9.30. The number of rotatable bonds is 15. The molecule has 2 amide bonds. The summed E-state index contributed by atoms with van der Waals surface area (Å²) >= 11 is 11.9. The lowest BCUT2D eigenvalue weighted by Crippen LogP contribution is -2.21. The van der Waals surface area contributed by atoms with Gasteiger partial charge < -0.3 is 15.4 Å². The zero-order valence-electron chi connectivity index (χ0n) is 20.2. The number of nitrogens with one attached hydrogen (secondary N) is 2. The van der Waals surface area contributed by atoms with E-state index < -0.39 is 18.5 Å². The minimum Gasteiger partial charge on any atom is -0.452 e. The molecule has 0 aliphatic rings. The minimum absolute atomic E-state index is 0.0855. The van der Waals surface area contributed by atoms with Crippen LogP contribution in [0.2, 0.25) is 10.0 Å². The standard InChI is InChI=1S/C27H34Cl2N2O4/c1-2-3-4-5-6-7-8-9-10-14-25(32)30-22-13-11-12-20(17-22)27(34)35-19-26(33)31-24-16-15-21(28)18-23(24)29/h11-13,15-18H,2-10,14,19H2,1H3,(H,30,32)(H,31,33). The van der Waals surface area contributed by atoms with Gasteiger partial charge in [0.15, 0.2) is 6.61 Å². The molecule has 0 fully saturated rings. The average Bonchev–Trinajstić information content (AvgIpc) is 2.83. The highest BCUT2D eigenvalue weighted by atomic mass is 35.5. The predicted molar refractivity (Wildman–Crippen MR) is 142 cm³/mol. The Morgan fingerprint density at radius 1 is 0.800 bits per heavy atom. The maximum absolute atomic E-state index is 12.3. The van der Waals surface area contributed by atoms with Crippen LogP contribution in [0.3, 0.4) is 0 Å². The first-order chi connectivity index (χ1) is 16.9. The van der Waals surface area contributed by atoms with Gasteiger partial charge in [0.25, 0.3) is 5.91 Å². The lowest BCUT2D eigenvalue weighted by atomic mass is 10.1. The molecular formula is C27H34Cl2N2O4. The number of hydrogen-bond acceptors (Lipinski definition) is 4. The summed E-state index contributed by atoms with van der Waals surface area (Å²) in [6.45, 7) is 1.74. The maximum Gasteiger partial charge on any atom is 0.338 e. The van der Waals surface area contributed by atoms with Gasteiger partial charge in [-0.25, -0.2) is 4.79 Å². The van der Waals surface area contributed by atoms with Crippen molar-refractivity contribution in [3.05, 3.63) is 58.1 Å². The van der Waals surface area contributed by atoms with E-state index in [2.05, 4.69) is 17.6 Å². The summed E-state index contributed by atoms with van der Waals surface area (Å²) < 4.78 is 5.09. The Morgan fingerprint density at radius 2 is 1.49 bits per heavy atom. The van der Waals surface area contributed by atoms with Crippen LogP contribution in [0.5, 0.6) is 0 Å². The van der Waals surface area contributed by atoms with Gasteiger partial charge in [-0.3, -0.25) is 9.59 Å². The molecule has 0 saturated carbocycles. The van der Waals surface area contributed by atoms with E-state index in [1.54, 1.807) is 30.3 Å². The van der Waals surface area contributed by atoms with Crippen LogP contribution in [0.4, 0.5) is 11.4 Å². The van der Waals surface area contributed by atoms with Gasteiger partial charge in [0, 0.05) is 17.1 Å². The Kier molecular flexibility index (Phi) is 13.2. The molecule has 6 nitrogen and oxygen atoms in total. The van der Waals surface area contributed by atoms with Crippen LogP contribution in [0.15, 0.2) is 42.5 Å². The number of carbonyl (C=O) groups is 3. The zero-order chi connectivity index (χ0) is 25.5. The second kappa shape index (κ2) is 16.2. The number of amides is 2. The molecule has 0 aliphatic carbocycles. The van der Waals surface area contributed by atoms with Crippen molar-refractivity contribution in [2.75, 3.05) is 17.2 Å². The Hall–Kier alpha value is -2.57. The van der Waals surface area contributed by atoms with E-state index in [0.717, 1.165) is 19.3 Å². The lowest BCUT2D eigenvalue weighted by Gasteiger charge is -2.09. The van der Waals surface area contributed by atoms with E-state index in [-0.39, 0.29) is 16.5 Å². The fourth-order valence-corrected chi connectivity index (χ4v) is 3.99. The Labute approximate surface area is 217 Å². The summed E-state index contributed by atoms with van der Waals surface area (Å²) in [4.78, 5) is 36.7. The first-order valence-corrected chi connectivity index (χ1v) is 13.0. The first-order valence-electron chi connectivity index (χ1n) is 12.2. The average molecular weight is 521 g/mol. The van der Waals surface area contributed by atoms with E-state index >= 15 is 0 Å². The molecule has 0 aromatic heterocycles. The highest BCUT2D eigenvalue weighted by molar-refractivity contribution is 6.36. The van der Waals surface area contributed by atoms with Crippen molar-refractivity contribution in [1.82, 2.24) is 0 Å². The number of unbranched alkanes of at least 4 members (excludes halogenated alkanes) is 8. The zero-order valence-corrected chi connectivity index (χ0v) is 21.7. The van der Waals surface area contributed by atoms with Crippen LogP contribution in [-0.4, -0.2) is 24.4 Å². The van der Waals surface area contributed by atoms with E-state index in [1.165, 1.54) is 50.7 Å². The molecule has 0 spiro atoms. The van der Waals surface area contributed by atoms with Crippen LogP contribution in [-0.2, 0) is 14.3 Å². The number of hydrogen-bond donors (Lipinski definition) is 2. The van der Waals surface area contributed by atoms with Crippen molar-refractivity contribution < 1.29 is 19.1 Å². The molecule has 2 rings (SSSR count). The van der Waals surface area contributed by atoms with E-state index in [9.17, 15) is 14.4 Å². The van der Waals surface area contributed by atoms with Crippen molar-refractivity contribution in [3.63, 3.8) is 0 Å². The number of benzene rings is 2. The van der Waals surface area contributed by atoms with Gasteiger partial charge in [0.1, 0.15) is 0 Å². The van der Waals surface area contributed by atoms with Crippen LogP contribution < -0.4 is 10.6 Å². The molecular weight excluding hydrogens is 487 g/mol. The SMILES string of the molecule is CCCCCCCCCCCC(=O)Nc1cccc(C(=O)OCC(=O)Nc2ccc(Cl)cc2Cl)c1. The van der Waals surface area contributed by atoms with Crippen molar-refractivity contribution >= 4 is 52.4 Å². The lowest BCUT2D eigenvalue weighted by molar-refractivity contribution is -0.119. The van der Waals surface area contributed by atoms with E-state index in [0.29, 0.717) is 22.8 Å². The van der Waals surface area contributed by atoms with Crippen molar-refractivity contribution in [1.29, 1.82) is 0 Å². The summed E-state index contributed by atoms with van der Waals surface area (Å²) in [7, 11) is 0. The van der Waals surface area contributed by atoms with Crippen molar-refractivity contribution in [3.8, 4) is 0 Å². The molecule has 190 valence electrons. The number of ether oxygens (including phenoxy) is 1. The van der Waals surface area contributed by atoms with Crippen molar-refractivity contribution in [2.24, 2.45) is 0 Å². The minimum atomic E-state index is -0.669. The summed E-state index contributed by atoms with van der Waals surface area (Å²) in [5.41, 5.74) is 1.12. The van der Waals surface area contributed by atoms with Crippen LogP contribution in [0.25, 0.3) is 0 Å². The first kappa shape index (κ1) is 28.7. The molecule has 0 aliphatic heterocycles. The van der Waals surface area contributed by atoms with Gasteiger partial charge in [-0.1, -0.05) is 87.6 Å². The summed E-state index contributed by atoms with van der Waals surface area (Å²) in [6.07, 6.45) is 11.2. The molecule has 8 heteroatoms. The largest absolute Gasteiger partial charge is 0.452 e. The number of halogens is 2. The van der Waals surface area contributed by atoms with E-state index in [1.807, 2.05) is 0 Å². The number of esters is 1. The Morgan fingerprint density at radius 3 is 2.17 bits per heavy atom. The normalized spacial score (nSPS) is 10.6. The Bertz CT molecular complexity index is 981. The van der Waals surface area contributed by atoms with Crippen LogP contribution >= 0.6 is 23.2 Å². The quantitative estimate of drug-likeness (QED) is 0.186. The summed E-state index contributed by atoms with van der Waals surface area (Å²) in [6, 6.07) is 11.1. The van der Waals surface area contributed by atoms with Crippen LogP contribution in [0.1, 0.15) is 81.5 Å². The Balaban J connectivity index is 1.69. The third-order valence-electron chi connectivity index (χ3n) is 5.43. The number of carbonyl (C=O) groups excluding carboxylic acids is 3. The summed E-state index contributed by atoms with van der Waals surface area (Å²) in [5, 5.41) is 6.11. The molecule has 2 N–H and O–H groups in total. The molecule has 0 unspecified atom stereocenters. The molecule has 2 aromatic rings. The van der Waals surface area contributed by atoms with Crippen LogP contribution in [0, 0.1) is 0 Å². The molecule has 0 atom stereocenters. The third-order valence-corrected chi connectivity index (χ3v) is 5.98. The molecule has 2 aromatic carbocycles. The van der Waals surface area contributed by atoms with Gasteiger partial charge in [0.2, 0.25) is 5.91 Å². The maximum atomic E-state index is 12.3. The number of anilines is 2. The second-order valence-electron chi connectivity index (χ2n) is 8.46. The van der Waals surface area contributed by atoms with E-state index in [4.69, 9.17) is 27.9 Å². The van der Waals surface area contributed by atoms with Gasteiger partial charge in [-0.05, 0) is 42.8 Å². The molecule has 0 saturated heterocycles. The molecule has 0 heterocycles. The molecule has 0 radical (unpaired) electrons. The van der Waals surface area contributed by atoms with Gasteiger partial charge in [-0.2, -0.15) is 0 Å². The third kappa shape index (κ3) is 11.6.